The van der Waals surface area contributed by atoms with E-state index in [1.165, 1.54) is 35.7 Å². The Kier molecular flexibility index (Phi) is 4.48. The predicted octanol–water partition coefficient (Wildman–Crippen LogP) is 4.88. The SMILES string of the molecule is c1ccc(CN2CCC[C@@H]2COc2ccc3ccccc3c2)cc1. The van der Waals surface area contributed by atoms with Crippen LogP contribution in [-0.4, -0.2) is 24.1 Å². The molecule has 122 valence electrons. The zero-order chi connectivity index (χ0) is 16.2. The Bertz CT molecular complexity index is 799. The van der Waals surface area contributed by atoms with Crippen LogP contribution in [0.2, 0.25) is 0 Å². The summed E-state index contributed by atoms with van der Waals surface area (Å²) in [6.07, 6.45) is 2.49. The molecule has 0 spiro atoms. The number of fused-ring (bicyclic) bond motifs is 1. The zero-order valence-corrected chi connectivity index (χ0v) is 13.9. The second-order valence-electron chi connectivity index (χ2n) is 6.57. The van der Waals surface area contributed by atoms with Gasteiger partial charge in [-0.15, -0.1) is 0 Å². The fourth-order valence-electron chi connectivity index (χ4n) is 3.56. The van der Waals surface area contributed by atoms with Crippen molar-refractivity contribution in [3.8, 4) is 5.75 Å². The molecule has 0 N–H and O–H groups in total. The summed E-state index contributed by atoms with van der Waals surface area (Å²) in [5.41, 5.74) is 1.38. The molecule has 0 unspecified atom stereocenters. The van der Waals surface area contributed by atoms with Gasteiger partial charge >= 0.3 is 0 Å². The van der Waals surface area contributed by atoms with Crippen LogP contribution in [0.1, 0.15) is 18.4 Å². The lowest BCUT2D eigenvalue weighted by Crippen LogP contribution is -2.33. The van der Waals surface area contributed by atoms with Crippen molar-refractivity contribution < 1.29 is 4.74 Å². The van der Waals surface area contributed by atoms with Gasteiger partial charge in [0.05, 0.1) is 0 Å². The Morgan fingerprint density at radius 2 is 1.67 bits per heavy atom. The molecule has 1 aliphatic heterocycles. The normalized spacial score (nSPS) is 18.1. The Morgan fingerprint density at radius 3 is 2.54 bits per heavy atom. The van der Waals surface area contributed by atoms with E-state index < -0.39 is 0 Å². The van der Waals surface area contributed by atoms with Gasteiger partial charge in [0.15, 0.2) is 0 Å². The highest BCUT2D eigenvalue weighted by atomic mass is 16.5. The van der Waals surface area contributed by atoms with Crippen molar-refractivity contribution in [3.63, 3.8) is 0 Å². The van der Waals surface area contributed by atoms with Crippen LogP contribution in [0.4, 0.5) is 0 Å². The first-order chi connectivity index (χ1) is 11.9. The molecule has 1 aliphatic rings. The fourth-order valence-corrected chi connectivity index (χ4v) is 3.56. The minimum Gasteiger partial charge on any atom is -0.492 e. The van der Waals surface area contributed by atoms with Crippen LogP contribution >= 0.6 is 0 Å². The molecule has 1 atom stereocenters. The summed E-state index contributed by atoms with van der Waals surface area (Å²) in [7, 11) is 0. The molecule has 24 heavy (non-hydrogen) atoms. The molecule has 2 heteroatoms. The summed E-state index contributed by atoms with van der Waals surface area (Å²) in [5, 5.41) is 2.50. The number of likely N-dealkylation sites (tertiary alicyclic amines) is 1. The van der Waals surface area contributed by atoms with Gasteiger partial charge in [-0.2, -0.15) is 0 Å². The highest BCUT2D eigenvalue weighted by Gasteiger charge is 2.25. The van der Waals surface area contributed by atoms with Crippen LogP contribution in [-0.2, 0) is 6.54 Å². The molecule has 0 amide bonds. The monoisotopic (exact) mass is 317 g/mol. The molecule has 0 bridgehead atoms. The zero-order valence-electron chi connectivity index (χ0n) is 13.9. The molecular formula is C22H23NO. The quantitative estimate of drug-likeness (QED) is 0.665. The maximum atomic E-state index is 6.12. The number of hydrogen-bond donors (Lipinski definition) is 0. The van der Waals surface area contributed by atoms with Crippen LogP contribution in [0.3, 0.4) is 0 Å². The van der Waals surface area contributed by atoms with Crippen LogP contribution in [0.15, 0.2) is 72.8 Å². The Balaban J connectivity index is 1.40. The van der Waals surface area contributed by atoms with Gasteiger partial charge in [0.1, 0.15) is 12.4 Å². The van der Waals surface area contributed by atoms with E-state index in [1.807, 2.05) is 0 Å². The summed E-state index contributed by atoms with van der Waals surface area (Å²) < 4.78 is 6.12. The lowest BCUT2D eigenvalue weighted by molar-refractivity contribution is 0.167. The molecule has 4 rings (SSSR count). The second kappa shape index (κ2) is 7.06. The summed E-state index contributed by atoms with van der Waals surface area (Å²) in [4.78, 5) is 2.55. The standard InChI is InChI=1S/C22H23NO/c1-2-7-18(8-3-1)16-23-14-6-11-21(23)17-24-22-13-12-19-9-4-5-10-20(19)15-22/h1-5,7-10,12-13,15,21H,6,11,14,16-17H2/t21-/m1/s1. The molecule has 1 saturated heterocycles. The first-order valence-corrected chi connectivity index (χ1v) is 8.78. The lowest BCUT2D eigenvalue weighted by Gasteiger charge is -2.24. The van der Waals surface area contributed by atoms with E-state index in [0.29, 0.717) is 6.04 Å². The van der Waals surface area contributed by atoms with Gasteiger partial charge < -0.3 is 4.74 Å². The van der Waals surface area contributed by atoms with Gasteiger partial charge in [0.2, 0.25) is 0 Å². The molecule has 2 nitrogen and oxygen atoms in total. The van der Waals surface area contributed by atoms with Gasteiger partial charge in [-0.3, -0.25) is 4.90 Å². The van der Waals surface area contributed by atoms with Crippen molar-refractivity contribution in [1.82, 2.24) is 4.90 Å². The Labute approximate surface area is 143 Å². The molecule has 1 fully saturated rings. The lowest BCUT2D eigenvalue weighted by atomic mass is 10.1. The smallest absolute Gasteiger partial charge is 0.120 e. The summed E-state index contributed by atoms with van der Waals surface area (Å²) in [6, 6.07) is 26.0. The Hall–Kier alpha value is -2.32. The molecule has 0 radical (unpaired) electrons. The van der Waals surface area contributed by atoms with Crippen LogP contribution in [0, 0.1) is 0 Å². The Morgan fingerprint density at radius 1 is 0.875 bits per heavy atom. The molecule has 0 saturated carbocycles. The van der Waals surface area contributed by atoms with E-state index in [4.69, 9.17) is 4.74 Å². The minimum absolute atomic E-state index is 0.511. The van der Waals surface area contributed by atoms with Gasteiger partial charge in [-0.1, -0.05) is 60.7 Å². The van der Waals surface area contributed by atoms with E-state index >= 15 is 0 Å². The first kappa shape index (κ1) is 15.2. The highest BCUT2D eigenvalue weighted by molar-refractivity contribution is 5.83. The highest BCUT2D eigenvalue weighted by Crippen LogP contribution is 2.24. The summed E-state index contributed by atoms with van der Waals surface area (Å²) in [6.45, 7) is 2.96. The van der Waals surface area contributed by atoms with Gasteiger partial charge in [0.25, 0.3) is 0 Å². The van der Waals surface area contributed by atoms with Gasteiger partial charge in [-0.25, -0.2) is 0 Å². The molecule has 3 aromatic carbocycles. The summed E-state index contributed by atoms with van der Waals surface area (Å²) in [5.74, 6) is 0.972. The molecule has 1 heterocycles. The van der Waals surface area contributed by atoms with Crippen LogP contribution in [0.5, 0.6) is 5.75 Å². The van der Waals surface area contributed by atoms with E-state index in [-0.39, 0.29) is 0 Å². The third kappa shape index (κ3) is 3.44. The van der Waals surface area contributed by atoms with Gasteiger partial charge in [-0.05, 0) is 47.9 Å². The topological polar surface area (TPSA) is 12.5 Å². The molecular weight excluding hydrogens is 294 g/mol. The first-order valence-electron chi connectivity index (χ1n) is 8.78. The number of hydrogen-bond acceptors (Lipinski definition) is 2. The summed E-state index contributed by atoms with van der Waals surface area (Å²) >= 11 is 0. The number of nitrogens with zero attached hydrogens (tertiary/aromatic N) is 1. The van der Waals surface area contributed by atoms with Crippen molar-refractivity contribution in [3.05, 3.63) is 78.4 Å². The maximum absolute atomic E-state index is 6.12. The second-order valence-corrected chi connectivity index (χ2v) is 6.57. The minimum atomic E-state index is 0.511. The maximum Gasteiger partial charge on any atom is 0.120 e. The van der Waals surface area contributed by atoms with E-state index in [1.54, 1.807) is 0 Å². The number of rotatable bonds is 5. The number of ether oxygens (including phenoxy) is 1. The van der Waals surface area contributed by atoms with E-state index in [2.05, 4.69) is 77.7 Å². The van der Waals surface area contributed by atoms with Gasteiger partial charge in [0, 0.05) is 12.6 Å². The largest absolute Gasteiger partial charge is 0.492 e. The van der Waals surface area contributed by atoms with Crippen molar-refractivity contribution in [2.75, 3.05) is 13.2 Å². The van der Waals surface area contributed by atoms with E-state index in [0.717, 1.165) is 18.9 Å². The van der Waals surface area contributed by atoms with Crippen molar-refractivity contribution in [2.45, 2.75) is 25.4 Å². The number of benzene rings is 3. The average molecular weight is 317 g/mol. The van der Waals surface area contributed by atoms with Crippen LogP contribution < -0.4 is 4.74 Å². The van der Waals surface area contributed by atoms with Crippen molar-refractivity contribution in [2.24, 2.45) is 0 Å². The average Bonchev–Trinajstić information content (AvgIpc) is 3.08. The molecule has 0 aliphatic carbocycles. The third-order valence-electron chi connectivity index (χ3n) is 4.89. The fraction of sp³-hybridized carbons (Fsp3) is 0.273. The molecule has 0 aromatic heterocycles. The predicted molar refractivity (Wildman–Crippen MR) is 99.3 cm³/mol. The van der Waals surface area contributed by atoms with E-state index in [9.17, 15) is 0 Å². The van der Waals surface area contributed by atoms with Crippen molar-refractivity contribution in [1.29, 1.82) is 0 Å². The third-order valence-corrected chi connectivity index (χ3v) is 4.89. The molecule has 3 aromatic rings. The van der Waals surface area contributed by atoms with Crippen molar-refractivity contribution >= 4 is 10.8 Å². The van der Waals surface area contributed by atoms with Crippen LogP contribution in [0.25, 0.3) is 10.8 Å².